The summed E-state index contributed by atoms with van der Waals surface area (Å²) in [5, 5.41) is 22.1. The molecule has 1 aliphatic carbocycles. The number of amides is 1. The normalized spacial score (nSPS) is 19.2. The van der Waals surface area contributed by atoms with Crippen molar-refractivity contribution < 1.29 is 19.4 Å². The van der Waals surface area contributed by atoms with E-state index >= 15 is 0 Å². The van der Waals surface area contributed by atoms with Crippen LogP contribution in [0.3, 0.4) is 0 Å². The monoisotopic (exact) mass is 447 g/mol. The van der Waals surface area contributed by atoms with Gasteiger partial charge in [-0.3, -0.25) is 9.59 Å². The van der Waals surface area contributed by atoms with Gasteiger partial charge in [0.25, 0.3) is 5.91 Å². The van der Waals surface area contributed by atoms with E-state index in [1.807, 2.05) is 12.1 Å². The number of anilines is 1. The van der Waals surface area contributed by atoms with Gasteiger partial charge in [-0.05, 0) is 66.9 Å². The maximum Gasteiger partial charge on any atom is 0.314 e. The number of rotatable bonds is 5. The fourth-order valence-electron chi connectivity index (χ4n) is 4.66. The summed E-state index contributed by atoms with van der Waals surface area (Å²) in [6.07, 6.45) is 7.31. The van der Waals surface area contributed by atoms with Crippen LogP contribution in [0, 0.1) is 16.7 Å². The Hall–Kier alpha value is -3.37. The summed E-state index contributed by atoms with van der Waals surface area (Å²) in [5.41, 5.74) is 3.25. The molecule has 1 aromatic carbocycles. The Morgan fingerprint density at radius 1 is 1.18 bits per heavy atom. The minimum Gasteiger partial charge on any atom is -0.481 e. The van der Waals surface area contributed by atoms with Crippen LogP contribution in [-0.4, -0.2) is 35.2 Å². The van der Waals surface area contributed by atoms with Crippen LogP contribution in [0.1, 0.15) is 73.1 Å². The van der Waals surface area contributed by atoms with Crippen molar-refractivity contribution in [2.75, 3.05) is 18.5 Å². The second kappa shape index (κ2) is 8.87. The maximum absolute atomic E-state index is 12.9. The van der Waals surface area contributed by atoms with E-state index in [9.17, 15) is 14.7 Å². The molecule has 0 unspecified atom stereocenters. The SMILES string of the molecule is CC1(C)CC=C(c2cc(C3(C(=O)O)CCOCC3)ccc2NC(=O)c2cc(C#N)c[nH]2)CC1. The van der Waals surface area contributed by atoms with Crippen molar-refractivity contribution in [3.63, 3.8) is 0 Å². The number of carbonyl (C=O) groups excluding carboxylic acids is 1. The van der Waals surface area contributed by atoms with Crippen molar-refractivity contribution >= 4 is 23.1 Å². The number of carboxylic acids is 1. The van der Waals surface area contributed by atoms with Crippen molar-refractivity contribution in [2.45, 2.75) is 51.4 Å². The van der Waals surface area contributed by atoms with Gasteiger partial charge in [0.05, 0.1) is 11.0 Å². The molecule has 1 saturated heterocycles. The van der Waals surface area contributed by atoms with Crippen LogP contribution in [0.5, 0.6) is 0 Å². The van der Waals surface area contributed by atoms with Gasteiger partial charge >= 0.3 is 5.97 Å². The van der Waals surface area contributed by atoms with Crippen molar-refractivity contribution in [1.29, 1.82) is 5.26 Å². The number of aromatic nitrogens is 1. The van der Waals surface area contributed by atoms with Gasteiger partial charge in [0.1, 0.15) is 11.8 Å². The summed E-state index contributed by atoms with van der Waals surface area (Å²) < 4.78 is 5.44. The van der Waals surface area contributed by atoms with Crippen LogP contribution in [0.15, 0.2) is 36.5 Å². The van der Waals surface area contributed by atoms with E-state index in [2.05, 4.69) is 30.2 Å². The third kappa shape index (κ3) is 4.57. The molecule has 1 aliphatic heterocycles. The molecule has 0 bridgehead atoms. The molecule has 3 N–H and O–H groups in total. The summed E-state index contributed by atoms with van der Waals surface area (Å²) in [7, 11) is 0. The van der Waals surface area contributed by atoms with Crippen LogP contribution in [0.4, 0.5) is 5.69 Å². The molecule has 33 heavy (non-hydrogen) atoms. The number of ether oxygens (including phenoxy) is 1. The first-order valence-corrected chi connectivity index (χ1v) is 11.3. The topological polar surface area (TPSA) is 115 Å². The van der Waals surface area contributed by atoms with Crippen molar-refractivity contribution in [2.24, 2.45) is 5.41 Å². The van der Waals surface area contributed by atoms with E-state index in [0.717, 1.165) is 36.0 Å². The number of aliphatic carboxylic acids is 1. The molecule has 1 fully saturated rings. The summed E-state index contributed by atoms with van der Waals surface area (Å²) >= 11 is 0. The third-order valence-corrected chi connectivity index (χ3v) is 6.95. The predicted octanol–water partition coefficient (Wildman–Crippen LogP) is 4.86. The molecule has 7 heteroatoms. The van der Waals surface area contributed by atoms with E-state index in [4.69, 9.17) is 10.00 Å². The summed E-state index contributed by atoms with van der Waals surface area (Å²) in [4.78, 5) is 28.0. The Balaban J connectivity index is 1.74. The number of nitrogens with zero attached hydrogens (tertiary/aromatic N) is 1. The van der Waals surface area contributed by atoms with Crippen LogP contribution in [0.25, 0.3) is 5.57 Å². The van der Waals surface area contributed by atoms with Crippen LogP contribution in [-0.2, 0) is 14.9 Å². The number of aromatic amines is 1. The van der Waals surface area contributed by atoms with E-state index in [1.54, 1.807) is 12.1 Å². The smallest absolute Gasteiger partial charge is 0.314 e. The Morgan fingerprint density at radius 3 is 2.55 bits per heavy atom. The molecule has 2 aliphatic rings. The van der Waals surface area contributed by atoms with Crippen molar-refractivity contribution in [3.05, 3.63) is 58.9 Å². The summed E-state index contributed by atoms with van der Waals surface area (Å²) in [6.45, 7) is 5.29. The molecule has 0 radical (unpaired) electrons. The number of hydrogen-bond donors (Lipinski definition) is 3. The average molecular weight is 448 g/mol. The summed E-state index contributed by atoms with van der Waals surface area (Å²) in [5.74, 6) is -1.19. The first-order valence-electron chi connectivity index (χ1n) is 11.3. The molecular weight excluding hydrogens is 418 g/mol. The van der Waals surface area contributed by atoms with E-state index < -0.39 is 11.4 Å². The van der Waals surface area contributed by atoms with Crippen molar-refractivity contribution in [1.82, 2.24) is 4.98 Å². The number of hydrogen-bond acceptors (Lipinski definition) is 4. The lowest BCUT2D eigenvalue weighted by molar-refractivity contribution is -0.147. The lowest BCUT2D eigenvalue weighted by atomic mass is 9.72. The number of nitrogens with one attached hydrogen (secondary N) is 2. The van der Waals surface area contributed by atoms with Gasteiger partial charge in [-0.25, -0.2) is 0 Å². The van der Waals surface area contributed by atoms with Gasteiger partial charge in [0.15, 0.2) is 0 Å². The number of H-pyrrole nitrogens is 1. The molecule has 7 nitrogen and oxygen atoms in total. The second-order valence-electron chi connectivity index (χ2n) is 9.73. The highest BCUT2D eigenvalue weighted by molar-refractivity contribution is 6.04. The number of nitriles is 1. The lowest BCUT2D eigenvalue weighted by Gasteiger charge is -2.35. The predicted molar refractivity (Wildman–Crippen MR) is 125 cm³/mol. The van der Waals surface area contributed by atoms with Gasteiger partial charge in [-0.1, -0.05) is 26.0 Å². The highest BCUT2D eigenvalue weighted by Gasteiger charge is 2.42. The van der Waals surface area contributed by atoms with Crippen molar-refractivity contribution in [3.8, 4) is 6.07 Å². The minimum absolute atomic E-state index is 0.214. The molecule has 2 heterocycles. The van der Waals surface area contributed by atoms with Gasteiger partial charge in [-0.2, -0.15) is 5.26 Å². The van der Waals surface area contributed by atoms with Gasteiger partial charge in [0.2, 0.25) is 0 Å². The zero-order chi connectivity index (χ0) is 23.6. The molecule has 1 amide bonds. The number of benzene rings is 1. The molecule has 0 saturated carbocycles. The molecule has 2 aromatic rings. The first-order chi connectivity index (χ1) is 15.7. The fraction of sp³-hybridized carbons (Fsp3) is 0.423. The lowest BCUT2D eigenvalue weighted by Crippen LogP contribution is -2.41. The van der Waals surface area contributed by atoms with Crippen LogP contribution < -0.4 is 5.32 Å². The average Bonchev–Trinajstić information content (AvgIpc) is 3.29. The zero-order valence-corrected chi connectivity index (χ0v) is 19.0. The van der Waals surface area contributed by atoms with Gasteiger partial charge in [-0.15, -0.1) is 0 Å². The molecule has 0 atom stereocenters. The van der Waals surface area contributed by atoms with Gasteiger partial charge < -0.3 is 20.1 Å². The molecule has 0 spiro atoms. The van der Waals surface area contributed by atoms with Gasteiger partial charge in [0, 0.05) is 30.7 Å². The maximum atomic E-state index is 12.9. The molecular formula is C26H29N3O4. The number of carbonyl (C=O) groups is 2. The Labute approximate surface area is 193 Å². The highest BCUT2D eigenvalue weighted by atomic mass is 16.5. The second-order valence-corrected chi connectivity index (χ2v) is 9.73. The molecule has 1 aromatic heterocycles. The molecule has 4 rings (SSSR count). The highest BCUT2D eigenvalue weighted by Crippen LogP contribution is 2.43. The Bertz CT molecular complexity index is 1150. The quantitative estimate of drug-likeness (QED) is 0.605. The van der Waals surface area contributed by atoms with Crippen LogP contribution >= 0.6 is 0 Å². The minimum atomic E-state index is -0.995. The largest absolute Gasteiger partial charge is 0.481 e. The van der Waals surface area contributed by atoms with Crippen LogP contribution in [0.2, 0.25) is 0 Å². The standard InChI is InChI=1S/C26H29N3O4/c1-25(2)7-5-18(6-8-25)20-14-19(26(24(31)32)9-11-33-12-10-26)3-4-21(20)29-23(30)22-13-17(15-27)16-28-22/h3-5,13-14,16,28H,6-12H2,1-2H3,(H,29,30)(H,31,32). The van der Waals surface area contributed by atoms with E-state index in [0.29, 0.717) is 43.0 Å². The first kappa shape index (κ1) is 22.8. The zero-order valence-electron chi connectivity index (χ0n) is 19.0. The number of carboxylic acid groups (broad SMARTS) is 1. The Morgan fingerprint density at radius 2 is 1.94 bits per heavy atom. The fourth-order valence-corrected chi connectivity index (χ4v) is 4.66. The molecule has 172 valence electrons. The summed E-state index contributed by atoms with van der Waals surface area (Å²) in [6, 6.07) is 9.07. The van der Waals surface area contributed by atoms with E-state index in [-0.39, 0.29) is 11.3 Å². The Kier molecular flexibility index (Phi) is 6.13. The third-order valence-electron chi connectivity index (χ3n) is 6.95. The van der Waals surface area contributed by atoms with E-state index in [1.165, 1.54) is 12.3 Å². The number of allylic oxidation sites excluding steroid dienone is 2.